The fraction of sp³-hybridized carbons (Fsp3) is 0.588. The number of likely N-dealkylation sites (N-methyl/N-ethyl adjacent to an activating group) is 1. The minimum atomic E-state index is -4.64. The van der Waals surface area contributed by atoms with Crippen LogP contribution in [0.3, 0.4) is 0 Å². The normalized spacial score (nSPS) is 15.6. The fourth-order valence-electron chi connectivity index (χ4n) is 3.09. The number of piperidine rings is 1. The lowest BCUT2D eigenvalue weighted by Gasteiger charge is -2.32. The number of alkyl halides is 3. The fourth-order valence-corrected chi connectivity index (χ4v) is 3.09. The van der Waals surface area contributed by atoms with Crippen molar-refractivity contribution in [3.63, 3.8) is 0 Å². The van der Waals surface area contributed by atoms with Crippen LogP contribution < -0.4 is 15.5 Å². The van der Waals surface area contributed by atoms with Crippen molar-refractivity contribution in [2.75, 3.05) is 37.6 Å². The van der Waals surface area contributed by atoms with Gasteiger partial charge in [-0.3, -0.25) is 14.9 Å². The highest BCUT2D eigenvalue weighted by atomic mass is 19.4. The highest BCUT2D eigenvalue weighted by molar-refractivity contribution is 5.79. The number of carbonyl (C=O) groups is 1. The predicted octanol–water partition coefficient (Wildman–Crippen LogP) is 2.56. The molecule has 0 atom stereocenters. The number of carbonyl (C=O) groups excluding carboxylic acids is 1. The van der Waals surface area contributed by atoms with Gasteiger partial charge in [-0.1, -0.05) is 6.92 Å². The second kappa shape index (κ2) is 9.03. The molecule has 1 amide bonds. The van der Waals surface area contributed by atoms with Crippen LogP contribution in [0, 0.1) is 16.0 Å². The minimum Gasteiger partial charge on any atom is -0.366 e. The molecule has 150 valence electrons. The summed E-state index contributed by atoms with van der Waals surface area (Å²) in [6.45, 7) is 4.74. The Morgan fingerprint density at radius 1 is 1.30 bits per heavy atom. The Balaban J connectivity index is 2.01. The Hall–Kier alpha value is -2.36. The maximum atomic E-state index is 12.8. The number of nitrogens with zero attached hydrogens (tertiary/aromatic N) is 2. The van der Waals surface area contributed by atoms with E-state index in [9.17, 15) is 28.1 Å². The molecule has 1 aromatic carbocycles. The molecule has 0 aliphatic carbocycles. The van der Waals surface area contributed by atoms with E-state index in [1.165, 1.54) is 0 Å². The van der Waals surface area contributed by atoms with Gasteiger partial charge >= 0.3 is 6.18 Å². The molecular weight excluding hydrogens is 365 g/mol. The molecule has 0 aromatic heterocycles. The largest absolute Gasteiger partial charge is 0.416 e. The van der Waals surface area contributed by atoms with Crippen LogP contribution in [0.2, 0.25) is 0 Å². The van der Waals surface area contributed by atoms with Crippen molar-refractivity contribution in [1.82, 2.24) is 10.6 Å². The van der Waals surface area contributed by atoms with Gasteiger partial charge in [0, 0.05) is 38.2 Å². The molecule has 7 nitrogen and oxygen atoms in total. The molecule has 0 spiro atoms. The van der Waals surface area contributed by atoms with Crippen LogP contribution in [-0.2, 0) is 11.0 Å². The van der Waals surface area contributed by atoms with Gasteiger partial charge < -0.3 is 15.5 Å². The van der Waals surface area contributed by atoms with Crippen LogP contribution in [0.15, 0.2) is 18.2 Å². The summed E-state index contributed by atoms with van der Waals surface area (Å²) >= 11 is 0. The lowest BCUT2D eigenvalue weighted by Crippen LogP contribution is -2.42. The van der Waals surface area contributed by atoms with Gasteiger partial charge in [-0.15, -0.1) is 0 Å². The minimum absolute atomic E-state index is 0.0607. The van der Waals surface area contributed by atoms with Gasteiger partial charge in [0.25, 0.3) is 5.69 Å². The van der Waals surface area contributed by atoms with Crippen LogP contribution in [0.25, 0.3) is 0 Å². The van der Waals surface area contributed by atoms with Crippen molar-refractivity contribution >= 4 is 17.3 Å². The summed E-state index contributed by atoms with van der Waals surface area (Å²) in [5.74, 6) is -0.258. The molecular formula is C17H23F3N4O3. The van der Waals surface area contributed by atoms with E-state index in [1.54, 1.807) is 4.90 Å². The lowest BCUT2D eigenvalue weighted by molar-refractivity contribution is -0.384. The molecule has 1 saturated heterocycles. The first kappa shape index (κ1) is 20.9. The summed E-state index contributed by atoms with van der Waals surface area (Å²) in [6.07, 6.45) is -3.66. The van der Waals surface area contributed by atoms with Gasteiger partial charge in [-0.25, -0.2) is 0 Å². The number of hydrogen-bond donors (Lipinski definition) is 2. The Morgan fingerprint density at radius 2 is 1.96 bits per heavy atom. The Morgan fingerprint density at radius 3 is 2.52 bits per heavy atom. The highest BCUT2D eigenvalue weighted by Gasteiger charge is 2.34. The van der Waals surface area contributed by atoms with Crippen molar-refractivity contribution in [2.45, 2.75) is 25.9 Å². The Kier molecular flexibility index (Phi) is 7.00. The van der Waals surface area contributed by atoms with Crippen LogP contribution in [0.1, 0.15) is 25.3 Å². The van der Waals surface area contributed by atoms with Crippen LogP contribution in [0.5, 0.6) is 0 Å². The first-order valence-electron chi connectivity index (χ1n) is 8.83. The first-order valence-corrected chi connectivity index (χ1v) is 8.83. The second-order valence-electron chi connectivity index (χ2n) is 6.36. The van der Waals surface area contributed by atoms with Gasteiger partial charge in [0.2, 0.25) is 5.91 Å². The molecule has 27 heavy (non-hydrogen) atoms. The average Bonchev–Trinajstić information content (AvgIpc) is 2.64. The quantitative estimate of drug-likeness (QED) is 0.426. The zero-order valence-electron chi connectivity index (χ0n) is 15.0. The molecule has 1 heterocycles. The number of anilines is 1. The third-order valence-electron chi connectivity index (χ3n) is 4.56. The summed E-state index contributed by atoms with van der Waals surface area (Å²) < 4.78 is 38.4. The maximum absolute atomic E-state index is 12.8. The number of halogens is 3. The van der Waals surface area contributed by atoms with E-state index < -0.39 is 22.4 Å². The molecule has 0 unspecified atom stereocenters. The molecule has 1 fully saturated rings. The SMILES string of the molecule is CCNCCNC(=O)C1CCN(c2ccc(C(F)(F)F)cc2[N+](=O)[O-])CC1. The lowest BCUT2D eigenvalue weighted by atomic mass is 9.95. The van der Waals surface area contributed by atoms with Crippen molar-refractivity contribution in [3.05, 3.63) is 33.9 Å². The molecule has 1 aromatic rings. The number of rotatable bonds is 7. The molecule has 0 saturated carbocycles. The summed E-state index contributed by atoms with van der Waals surface area (Å²) in [5.41, 5.74) is -1.47. The van der Waals surface area contributed by atoms with E-state index in [4.69, 9.17) is 0 Å². The third kappa shape index (κ3) is 5.56. The summed E-state index contributed by atoms with van der Waals surface area (Å²) in [7, 11) is 0. The van der Waals surface area contributed by atoms with E-state index >= 15 is 0 Å². The summed E-state index contributed by atoms with van der Waals surface area (Å²) in [6, 6.07) is 2.55. The Labute approximate surface area is 155 Å². The molecule has 1 aliphatic heterocycles. The van der Waals surface area contributed by atoms with Crippen LogP contribution >= 0.6 is 0 Å². The smallest absolute Gasteiger partial charge is 0.366 e. The van der Waals surface area contributed by atoms with Gasteiger partial charge in [0.05, 0.1) is 10.5 Å². The first-order chi connectivity index (χ1) is 12.7. The molecule has 0 radical (unpaired) electrons. The van der Waals surface area contributed by atoms with Crippen LogP contribution in [0.4, 0.5) is 24.5 Å². The predicted molar refractivity (Wildman–Crippen MR) is 94.6 cm³/mol. The van der Waals surface area contributed by atoms with Gasteiger partial charge in [0.1, 0.15) is 5.69 Å². The zero-order chi connectivity index (χ0) is 20.0. The van der Waals surface area contributed by atoms with Crippen molar-refractivity contribution < 1.29 is 22.9 Å². The van der Waals surface area contributed by atoms with E-state index in [1.807, 2.05) is 6.92 Å². The Bertz CT molecular complexity index is 674. The zero-order valence-corrected chi connectivity index (χ0v) is 15.0. The standard InChI is InChI=1S/C17H23F3N4O3/c1-2-21-7-8-22-16(25)12-5-9-23(10-6-12)14-4-3-13(17(18,19)20)11-15(14)24(26)27/h3-4,11-12,21H,2,5-10H2,1H3,(H,22,25). The number of hydrogen-bond acceptors (Lipinski definition) is 5. The number of amides is 1. The molecule has 10 heteroatoms. The molecule has 2 N–H and O–H groups in total. The number of nitro benzene ring substituents is 1. The van der Waals surface area contributed by atoms with E-state index in [0.717, 1.165) is 18.7 Å². The molecule has 1 aliphatic rings. The summed E-state index contributed by atoms with van der Waals surface area (Å²) in [5, 5.41) is 17.2. The van der Waals surface area contributed by atoms with Crippen molar-refractivity contribution in [1.29, 1.82) is 0 Å². The number of nitrogens with one attached hydrogen (secondary N) is 2. The van der Waals surface area contributed by atoms with E-state index in [2.05, 4.69) is 10.6 Å². The highest BCUT2D eigenvalue weighted by Crippen LogP contribution is 2.37. The maximum Gasteiger partial charge on any atom is 0.416 e. The number of nitro groups is 1. The monoisotopic (exact) mass is 388 g/mol. The number of benzene rings is 1. The van der Waals surface area contributed by atoms with Crippen LogP contribution in [-0.4, -0.2) is 43.6 Å². The van der Waals surface area contributed by atoms with Crippen molar-refractivity contribution in [2.24, 2.45) is 5.92 Å². The average molecular weight is 388 g/mol. The third-order valence-corrected chi connectivity index (χ3v) is 4.56. The van der Waals surface area contributed by atoms with E-state index in [-0.39, 0.29) is 17.5 Å². The molecule has 0 bridgehead atoms. The van der Waals surface area contributed by atoms with Gasteiger partial charge in [-0.2, -0.15) is 13.2 Å². The summed E-state index contributed by atoms with van der Waals surface area (Å²) in [4.78, 5) is 24.2. The molecule has 2 rings (SSSR count). The second-order valence-corrected chi connectivity index (χ2v) is 6.36. The van der Waals surface area contributed by atoms with Gasteiger partial charge in [-0.05, 0) is 31.5 Å². The van der Waals surface area contributed by atoms with Crippen molar-refractivity contribution in [3.8, 4) is 0 Å². The topological polar surface area (TPSA) is 87.5 Å². The van der Waals surface area contributed by atoms with Gasteiger partial charge in [0.15, 0.2) is 0 Å². The van der Waals surface area contributed by atoms with E-state index in [0.29, 0.717) is 45.1 Å².